The molecule has 6 nitrogen and oxygen atoms in total. The third kappa shape index (κ3) is 5.95. The minimum Gasteiger partial charge on any atom is -0.489 e. The predicted molar refractivity (Wildman–Crippen MR) is 97.5 cm³/mol. The molecule has 2 aromatic rings. The molecule has 0 spiro atoms. The van der Waals surface area contributed by atoms with Gasteiger partial charge in [-0.05, 0) is 36.3 Å². The quantitative estimate of drug-likeness (QED) is 0.355. The molecule has 1 N–H and O–H groups in total. The zero-order valence-corrected chi connectivity index (χ0v) is 13.8. The summed E-state index contributed by atoms with van der Waals surface area (Å²) in [5.41, 5.74) is 2.04. The highest BCUT2D eigenvalue weighted by molar-refractivity contribution is 6.02. The summed E-state index contributed by atoms with van der Waals surface area (Å²) in [6.07, 6.45) is 2.84. The molecule has 25 heavy (non-hydrogen) atoms. The van der Waals surface area contributed by atoms with Crippen molar-refractivity contribution in [1.29, 1.82) is 0 Å². The highest BCUT2D eigenvalue weighted by atomic mass is 16.6. The Kier molecular flexibility index (Phi) is 6.06. The lowest BCUT2D eigenvalue weighted by molar-refractivity contribution is -0.384. The molecule has 0 aliphatic carbocycles. The molecule has 0 radical (unpaired) electrons. The molecule has 0 heterocycles. The number of non-ortho nitro benzene ring substituents is 1. The molecule has 0 aliphatic rings. The lowest BCUT2D eigenvalue weighted by Gasteiger charge is -2.08. The molecule has 0 unspecified atom stereocenters. The fourth-order valence-corrected chi connectivity index (χ4v) is 1.97. The standard InChI is InChI=1S/C19H18N2O4/c1-14(2)13-25-18-8-4-6-16(12-18)20-19(22)10-9-15-5-3-7-17(11-15)21(23)24/h3-12H,1,13H2,2H3,(H,20,22)/b10-9+. The van der Waals surface area contributed by atoms with E-state index in [2.05, 4.69) is 11.9 Å². The van der Waals surface area contributed by atoms with E-state index in [1.807, 2.05) is 6.92 Å². The van der Waals surface area contributed by atoms with Crippen LogP contribution in [-0.2, 0) is 4.79 Å². The summed E-state index contributed by atoms with van der Waals surface area (Å²) in [6.45, 7) is 6.04. The van der Waals surface area contributed by atoms with Crippen molar-refractivity contribution in [3.63, 3.8) is 0 Å². The van der Waals surface area contributed by atoms with E-state index in [-0.39, 0.29) is 11.6 Å². The van der Waals surface area contributed by atoms with E-state index < -0.39 is 4.92 Å². The van der Waals surface area contributed by atoms with Gasteiger partial charge in [0.25, 0.3) is 5.69 Å². The van der Waals surface area contributed by atoms with Gasteiger partial charge >= 0.3 is 0 Å². The zero-order valence-electron chi connectivity index (χ0n) is 13.8. The van der Waals surface area contributed by atoms with Crippen molar-refractivity contribution in [1.82, 2.24) is 0 Å². The van der Waals surface area contributed by atoms with E-state index in [1.54, 1.807) is 36.4 Å². The molecule has 0 aliphatic heterocycles. The Balaban J connectivity index is 2.00. The Labute approximate surface area is 145 Å². The Hall–Kier alpha value is -3.41. The van der Waals surface area contributed by atoms with Crippen LogP contribution in [0.1, 0.15) is 12.5 Å². The van der Waals surface area contributed by atoms with E-state index in [0.29, 0.717) is 23.6 Å². The Bertz CT molecular complexity index is 828. The first-order chi connectivity index (χ1) is 11.9. The first-order valence-corrected chi connectivity index (χ1v) is 7.55. The fourth-order valence-electron chi connectivity index (χ4n) is 1.97. The van der Waals surface area contributed by atoms with Gasteiger partial charge in [-0.25, -0.2) is 0 Å². The molecular formula is C19H18N2O4. The van der Waals surface area contributed by atoms with Gasteiger partial charge in [0.15, 0.2) is 0 Å². The molecule has 0 aromatic heterocycles. The van der Waals surface area contributed by atoms with Crippen molar-refractivity contribution in [2.24, 2.45) is 0 Å². The molecule has 0 atom stereocenters. The van der Waals surface area contributed by atoms with Crippen LogP contribution in [0.3, 0.4) is 0 Å². The number of rotatable bonds is 7. The summed E-state index contributed by atoms with van der Waals surface area (Å²) < 4.78 is 5.52. The first kappa shape index (κ1) is 17.9. The van der Waals surface area contributed by atoms with Gasteiger partial charge in [0.1, 0.15) is 12.4 Å². The Morgan fingerprint density at radius 3 is 2.76 bits per heavy atom. The number of carbonyl (C=O) groups is 1. The average Bonchev–Trinajstić information content (AvgIpc) is 2.59. The van der Waals surface area contributed by atoms with Crippen LogP contribution in [0, 0.1) is 10.1 Å². The minimum atomic E-state index is -0.478. The van der Waals surface area contributed by atoms with Gasteiger partial charge < -0.3 is 10.1 Å². The number of ether oxygens (including phenoxy) is 1. The number of nitrogens with zero attached hydrogens (tertiary/aromatic N) is 1. The van der Waals surface area contributed by atoms with Crippen LogP contribution in [0.15, 0.2) is 66.8 Å². The smallest absolute Gasteiger partial charge is 0.270 e. The molecule has 0 bridgehead atoms. The topological polar surface area (TPSA) is 81.5 Å². The Morgan fingerprint density at radius 2 is 2.04 bits per heavy atom. The zero-order chi connectivity index (χ0) is 18.2. The number of hydrogen-bond donors (Lipinski definition) is 1. The fraction of sp³-hybridized carbons (Fsp3) is 0.105. The van der Waals surface area contributed by atoms with Crippen molar-refractivity contribution in [3.05, 3.63) is 82.4 Å². The number of nitrogens with one attached hydrogen (secondary N) is 1. The van der Waals surface area contributed by atoms with Gasteiger partial charge in [-0.15, -0.1) is 0 Å². The SMILES string of the molecule is C=C(C)COc1cccc(NC(=O)/C=C/c2cccc([N+](=O)[O-])c2)c1. The monoisotopic (exact) mass is 338 g/mol. The Morgan fingerprint density at radius 1 is 1.28 bits per heavy atom. The van der Waals surface area contributed by atoms with E-state index >= 15 is 0 Å². The number of nitro benzene ring substituents is 1. The van der Waals surface area contributed by atoms with Crippen molar-refractivity contribution in [2.45, 2.75) is 6.92 Å². The third-order valence-electron chi connectivity index (χ3n) is 3.09. The molecule has 128 valence electrons. The van der Waals surface area contributed by atoms with Crippen molar-refractivity contribution in [3.8, 4) is 5.75 Å². The van der Waals surface area contributed by atoms with Crippen LogP contribution < -0.4 is 10.1 Å². The second kappa shape index (κ2) is 8.44. The highest BCUT2D eigenvalue weighted by Gasteiger charge is 2.04. The maximum absolute atomic E-state index is 12.0. The summed E-state index contributed by atoms with van der Waals surface area (Å²) in [4.78, 5) is 22.3. The highest BCUT2D eigenvalue weighted by Crippen LogP contribution is 2.18. The van der Waals surface area contributed by atoms with Crippen LogP contribution >= 0.6 is 0 Å². The lowest BCUT2D eigenvalue weighted by atomic mass is 10.2. The molecule has 2 aromatic carbocycles. The van der Waals surface area contributed by atoms with Crippen molar-refractivity contribution >= 4 is 23.4 Å². The minimum absolute atomic E-state index is 0.0232. The molecule has 1 amide bonds. The van der Waals surface area contributed by atoms with Gasteiger partial charge in [0, 0.05) is 30.0 Å². The second-order valence-electron chi connectivity index (χ2n) is 5.45. The van der Waals surface area contributed by atoms with Gasteiger partial charge in [0.2, 0.25) is 5.91 Å². The van der Waals surface area contributed by atoms with Gasteiger partial charge in [-0.2, -0.15) is 0 Å². The lowest BCUT2D eigenvalue weighted by Crippen LogP contribution is -2.08. The maximum atomic E-state index is 12.0. The van der Waals surface area contributed by atoms with E-state index in [0.717, 1.165) is 5.57 Å². The van der Waals surface area contributed by atoms with Gasteiger partial charge in [-0.1, -0.05) is 24.8 Å². The number of nitro groups is 1. The largest absolute Gasteiger partial charge is 0.489 e. The number of hydrogen-bond acceptors (Lipinski definition) is 4. The third-order valence-corrected chi connectivity index (χ3v) is 3.09. The van der Waals surface area contributed by atoms with Crippen LogP contribution in [-0.4, -0.2) is 17.4 Å². The maximum Gasteiger partial charge on any atom is 0.270 e. The van der Waals surface area contributed by atoms with E-state index in [9.17, 15) is 14.9 Å². The average molecular weight is 338 g/mol. The van der Waals surface area contributed by atoms with Crippen LogP contribution in [0.25, 0.3) is 6.08 Å². The molecule has 2 rings (SSSR count). The molecule has 0 fully saturated rings. The predicted octanol–water partition coefficient (Wildman–Crippen LogP) is 4.20. The normalized spacial score (nSPS) is 10.4. The van der Waals surface area contributed by atoms with Gasteiger partial charge in [-0.3, -0.25) is 14.9 Å². The molecule has 6 heteroatoms. The molecule has 0 saturated heterocycles. The van der Waals surface area contributed by atoms with Crippen molar-refractivity contribution < 1.29 is 14.5 Å². The number of amides is 1. The van der Waals surface area contributed by atoms with E-state index in [1.165, 1.54) is 24.3 Å². The summed E-state index contributed by atoms with van der Waals surface area (Å²) in [5.74, 6) is 0.284. The van der Waals surface area contributed by atoms with Gasteiger partial charge in [0.05, 0.1) is 4.92 Å². The number of benzene rings is 2. The summed E-state index contributed by atoms with van der Waals surface area (Å²) in [5, 5.41) is 13.5. The summed E-state index contributed by atoms with van der Waals surface area (Å²) in [6, 6.07) is 13.1. The number of carbonyl (C=O) groups excluding carboxylic acids is 1. The van der Waals surface area contributed by atoms with E-state index in [4.69, 9.17) is 4.74 Å². The summed E-state index contributed by atoms with van der Waals surface area (Å²) in [7, 11) is 0. The molecule has 0 saturated carbocycles. The van der Waals surface area contributed by atoms with Crippen LogP contribution in [0.2, 0.25) is 0 Å². The van der Waals surface area contributed by atoms with Crippen molar-refractivity contribution in [2.75, 3.05) is 11.9 Å². The van der Waals surface area contributed by atoms with Crippen LogP contribution in [0.5, 0.6) is 5.75 Å². The first-order valence-electron chi connectivity index (χ1n) is 7.55. The number of anilines is 1. The summed E-state index contributed by atoms with van der Waals surface area (Å²) >= 11 is 0. The van der Waals surface area contributed by atoms with Crippen LogP contribution in [0.4, 0.5) is 11.4 Å². The second-order valence-corrected chi connectivity index (χ2v) is 5.45. The molecular weight excluding hydrogens is 320 g/mol.